The van der Waals surface area contributed by atoms with Gasteiger partial charge in [-0.15, -0.1) is 0 Å². The van der Waals surface area contributed by atoms with Crippen LogP contribution in [0.4, 0.5) is 14.5 Å². The van der Waals surface area contributed by atoms with E-state index in [1.807, 2.05) is 12.1 Å². The molecular weight excluding hydrogens is 224 g/mol. The summed E-state index contributed by atoms with van der Waals surface area (Å²) < 4.78 is 29.1. The minimum atomic E-state index is -2.76. The Morgan fingerprint density at radius 2 is 1.88 bits per heavy atom. The zero-order chi connectivity index (χ0) is 12.3. The van der Waals surface area contributed by atoms with Crippen LogP contribution in [0.15, 0.2) is 24.3 Å². The summed E-state index contributed by atoms with van der Waals surface area (Å²) in [5.74, 6) is 0.992. The first-order valence-electron chi connectivity index (χ1n) is 5.95. The van der Waals surface area contributed by atoms with E-state index in [0.717, 1.165) is 37.5 Å². The molecule has 1 aromatic carbocycles. The molecule has 17 heavy (non-hydrogen) atoms. The summed E-state index contributed by atoms with van der Waals surface area (Å²) >= 11 is 0. The first kappa shape index (κ1) is 12.1. The highest BCUT2D eigenvalue weighted by Gasteiger charge is 2.19. The standard InChI is InChI=1S/C13H17F2NO/c1-10-6-8-16(9-7-10)11-4-2-3-5-12(11)17-13(14)15/h2-5,10,13H,6-9H2,1H3. The van der Waals surface area contributed by atoms with E-state index in [1.54, 1.807) is 12.1 Å². The van der Waals surface area contributed by atoms with E-state index in [-0.39, 0.29) is 5.75 Å². The smallest absolute Gasteiger partial charge is 0.387 e. The lowest BCUT2D eigenvalue weighted by molar-refractivity contribution is -0.0495. The number of benzene rings is 1. The van der Waals surface area contributed by atoms with Crippen LogP contribution in [0.5, 0.6) is 5.75 Å². The number of alkyl halides is 2. The molecule has 0 amide bonds. The van der Waals surface area contributed by atoms with Crippen LogP contribution in [0.1, 0.15) is 19.8 Å². The van der Waals surface area contributed by atoms with Gasteiger partial charge < -0.3 is 9.64 Å². The van der Waals surface area contributed by atoms with Crippen LogP contribution in [0.25, 0.3) is 0 Å². The summed E-state index contributed by atoms with van der Waals surface area (Å²) in [7, 11) is 0. The van der Waals surface area contributed by atoms with Crippen LogP contribution in [0.3, 0.4) is 0 Å². The Bertz CT molecular complexity index is 362. The molecule has 0 atom stereocenters. The summed E-state index contributed by atoms with van der Waals surface area (Å²) in [6, 6.07) is 7.01. The molecule has 1 aromatic rings. The van der Waals surface area contributed by atoms with Crippen molar-refractivity contribution in [2.45, 2.75) is 26.4 Å². The number of ether oxygens (including phenoxy) is 1. The second kappa shape index (κ2) is 5.34. The largest absolute Gasteiger partial charge is 0.433 e. The summed E-state index contributed by atoms with van der Waals surface area (Å²) in [6.07, 6.45) is 2.20. The van der Waals surface area contributed by atoms with Crippen LogP contribution in [0, 0.1) is 5.92 Å². The summed E-state index contributed by atoms with van der Waals surface area (Å²) in [6.45, 7) is 1.27. The lowest BCUT2D eigenvalue weighted by Crippen LogP contribution is -2.33. The zero-order valence-corrected chi connectivity index (χ0v) is 9.90. The van der Waals surface area contributed by atoms with Crippen LogP contribution in [-0.4, -0.2) is 19.7 Å². The fourth-order valence-electron chi connectivity index (χ4n) is 2.16. The Morgan fingerprint density at radius 1 is 1.24 bits per heavy atom. The molecule has 0 N–H and O–H groups in total. The van der Waals surface area contributed by atoms with Crippen LogP contribution >= 0.6 is 0 Å². The maximum absolute atomic E-state index is 12.3. The van der Waals surface area contributed by atoms with Gasteiger partial charge in [0.2, 0.25) is 0 Å². The van der Waals surface area contributed by atoms with E-state index >= 15 is 0 Å². The Kier molecular flexibility index (Phi) is 3.82. The molecule has 4 heteroatoms. The van der Waals surface area contributed by atoms with Crippen molar-refractivity contribution < 1.29 is 13.5 Å². The molecule has 1 fully saturated rings. The Morgan fingerprint density at radius 3 is 2.53 bits per heavy atom. The van der Waals surface area contributed by atoms with Gasteiger partial charge in [-0.2, -0.15) is 8.78 Å². The van der Waals surface area contributed by atoms with E-state index in [4.69, 9.17) is 0 Å². The highest BCUT2D eigenvalue weighted by molar-refractivity contribution is 5.58. The number of nitrogens with zero attached hydrogens (tertiary/aromatic N) is 1. The summed E-state index contributed by atoms with van der Waals surface area (Å²) in [5, 5.41) is 0. The van der Waals surface area contributed by atoms with Crippen molar-refractivity contribution >= 4 is 5.69 Å². The van der Waals surface area contributed by atoms with Crippen molar-refractivity contribution in [3.63, 3.8) is 0 Å². The Labute approximate surface area is 100 Å². The molecule has 0 spiro atoms. The number of hydrogen-bond donors (Lipinski definition) is 0. The number of piperidine rings is 1. The minimum Gasteiger partial charge on any atom is -0.433 e. The van der Waals surface area contributed by atoms with Crippen molar-refractivity contribution in [2.24, 2.45) is 5.92 Å². The SMILES string of the molecule is CC1CCN(c2ccccc2OC(F)F)CC1. The van der Waals surface area contributed by atoms with Crippen molar-refractivity contribution in [3.05, 3.63) is 24.3 Å². The van der Waals surface area contributed by atoms with Crippen molar-refractivity contribution in [2.75, 3.05) is 18.0 Å². The molecule has 1 heterocycles. The lowest BCUT2D eigenvalue weighted by Gasteiger charge is -2.33. The van der Waals surface area contributed by atoms with Gasteiger partial charge in [0.1, 0.15) is 5.75 Å². The van der Waals surface area contributed by atoms with Gasteiger partial charge in [0.25, 0.3) is 0 Å². The molecule has 0 saturated carbocycles. The van der Waals surface area contributed by atoms with Gasteiger partial charge in [-0.25, -0.2) is 0 Å². The Balaban J connectivity index is 2.14. The number of anilines is 1. The number of halogens is 2. The van der Waals surface area contributed by atoms with Crippen LogP contribution in [-0.2, 0) is 0 Å². The quantitative estimate of drug-likeness (QED) is 0.802. The predicted octanol–water partition coefficient (Wildman–Crippen LogP) is 3.52. The van der Waals surface area contributed by atoms with E-state index in [9.17, 15) is 8.78 Å². The lowest BCUT2D eigenvalue weighted by atomic mass is 9.99. The van der Waals surface area contributed by atoms with Gasteiger partial charge in [-0.3, -0.25) is 0 Å². The second-order valence-corrected chi connectivity index (χ2v) is 4.52. The number of hydrogen-bond acceptors (Lipinski definition) is 2. The number of rotatable bonds is 3. The normalized spacial score (nSPS) is 17.5. The number of para-hydroxylation sites is 2. The van der Waals surface area contributed by atoms with Gasteiger partial charge in [-0.05, 0) is 30.9 Å². The van der Waals surface area contributed by atoms with Crippen LogP contribution < -0.4 is 9.64 Å². The van der Waals surface area contributed by atoms with Gasteiger partial charge in [0.15, 0.2) is 0 Å². The van der Waals surface area contributed by atoms with Gasteiger partial charge in [0.05, 0.1) is 5.69 Å². The van der Waals surface area contributed by atoms with E-state index in [1.165, 1.54) is 0 Å². The van der Waals surface area contributed by atoms with E-state index in [2.05, 4.69) is 16.6 Å². The van der Waals surface area contributed by atoms with Gasteiger partial charge in [-0.1, -0.05) is 19.1 Å². The molecular formula is C13H17F2NO. The topological polar surface area (TPSA) is 12.5 Å². The van der Waals surface area contributed by atoms with Gasteiger partial charge >= 0.3 is 6.61 Å². The molecule has 0 bridgehead atoms. The fraction of sp³-hybridized carbons (Fsp3) is 0.538. The van der Waals surface area contributed by atoms with E-state index in [0.29, 0.717) is 0 Å². The van der Waals surface area contributed by atoms with Crippen LogP contribution in [0.2, 0.25) is 0 Å². The summed E-state index contributed by atoms with van der Waals surface area (Å²) in [4.78, 5) is 2.12. The third-order valence-corrected chi connectivity index (χ3v) is 3.21. The average Bonchev–Trinajstić information content (AvgIpc) is 2.30. The second-order valence-electron chi connectivity index (χ2n) is 4.52. The molecule has 1 aliphatic rings. The van der Waals surface area contributed by atoms with Crippen molar-refractivity contribution in [3.8, 4) is 5.75 Å². The predicted molar refractivity (Wildman–Crippen MR) is 63.7 cm³/mol. The maximum atomic E-state index is 12.3. The zero-order valence-electron chi connectivity index (χ0n) is 9.90. The first-order chi connectivity index (χ1) is 8.16. The summed E-state index contributed by atoms with van der Waals surface area (Å²) in [5.41, 5.74) is 0.778. The third-order valence-electron chi connectivity index (χ3n) is 3.21. The molecule has 2 rings (SSSR count). The highest BCUT2D eigenvalue weighted by Crippen LogP contribution is 2.32. The third kappa shape index (κ3) is 3.08. The Hall–Kier alpha value is -1.32. The fourth-order valence-corrected chi connectivity index (χ4v) is 2.16. The molecule has 0 unspecified atom stereocenters. The highest BCUT2D eigenvalue weighted by atomic mass is 19.3. The maximum Gasteiger partial charge on any atom is 0.387 e. The monoisotopic (exact) mass is 241 g/mol. The van der Waals surface area contributed by atoms with Crippen molar-refractivity contribution in [1.82, 2.24) is 0 Å². The molecule has 0 radical (unpaired) electrons. The average molecular weight is 241 g/mol. The molecule has 2 nitrogen and oxygen atoms in total. The molecule has 0 aliphatic carbocycles. The van der Waals surface area contributed by atoms with Crippen molar-refractivity contribution in [1.29, 1.82) is 0 Å². The molecule has 1 aliphatic heterocycles. The molecule has 0 aromatic heterocycles. The van der Waals surface area contributed by atoms with E-state index < -0.39 is 6.61 Å². The minimum absolute atomic E-state index is 0.275. The van der Waals surface area contributed by atoms with Gasteiger partial charge in [0, 0.05) is 13.1 Å². The molecule has 1 saturated heterocycles. The molecule has 94 valence electrons. The first-order valence-corrected chi connectivity index (χ1v) is 5.95.